The minimum absolute atomic E-state index is 0.0536. The fourth-order valence-electron chi connectivity index (χ4n) is 6.41. The van der Waals surface area contributed by atoms with Gasteiger partial charge in [-0.2, -0.15) is 0 Å². The maximum atomic E-state index is 14.1. The molecule has 4 aromatic rings. The molecule has 192 valence electrons. The van der Waals surface area contributed by atoms with E-state index in [1.165, 1.54) is 19.2 Å². The van der Waals surface area contributed by atoms with Gasteiger partial charge in [0.25, 0.3) is 10.0 Å². The summed E-state index contributed by atoms with van der Waals surface area (Å²) in [6.45, 7) is 0. The molecular formula is C31H26ClNO4S. The first-order chi connectivity index (χ1) is 18.4. The number of amides is 1. The van der Waals surface area contributed by atoms with E-state index in [1.54, 1.807) is 24.3 Å². The third-order valence-electron chi connectivity index (χ3n) is 8.02. The van der Waals surface area contributed by atoms with Crippen molar-refractivity contribution in [3.8, 4) is 5.75 Å². The number of halogens is 1. The van der Waals surface area contributed by atoms with Gasteiger partial charge in [-0.3, -0.25) is 4.79 Å². The van der Waals surface area contributed by atoms with Gasteiger partial charge in [0.15, 0.2) is 0 Å². The van der Waals surface area contributed by atoms with Crippen molar-refractivity contribution in [3.63, 3.8) is 0 Å². The van der Waals surface area contributed by atoms with E-state index in [-0.39, 0.29) is 22.6 Å². The van der Waals surface area contributed by atoms with Crippen LogP contribution in [0.2, 0.25) is 5.02 Å². The van der Waals surface area contributed by atoms with Crippen LogP contribution in [0.25, 0.3) is 0 Å². The molecule has 0 N–H and O–H groups in total. The number of hydrogen-bond acceptors (Lipinski definition) is 4. The number of benzene rings is 4. The Hall–Kier alpha value is -3.61. The Morgan fingerprint density at radius 2 is 1.39 bits per heavy atom. The second-order valence-electron chi connectivity index (χ2n) is 9.85. The molecule has 6 rings (SSSR count). The zero-order valence-corrected chi connectivity index (χ0v) is 22.3. The predicted octanol–water partition coefficient (Wildman–Crippen LogP) is 6.36. The molecular weight excluding hydrogens is 518 g/mol. The Kier molecular flexibility index (Phi) is 6.04. The van der Waals surface area contributed by atoms with Crippen molar-refractivity contribution in [1.82, 2.24) is 4.31 Å². The molecule has 0 aromatic heterocycles. The maximum Gasteiger partial charge on any atom is 0.267 e. The summed E-state index contributed by atoms with van der Waals surface area (Å²) in [7, 11) is -2.64. The van der Waals surface area contributed by atoms with Crippen LogP contribution in [0.5, 0.6) is 5.75 Å². The first-order valence-corrected chi connectivity index (χ1v) is 14.3. The van der Waals surface area contributed by atoms with Crippen LogP contribution in [0.15, 0.2) is 114 Å². The Bertz CT molecular complexity index is 1570. The van der Waals surface area contributed by atoms with E-state index in [1.807, 2.05) is 60.7 Å². The zero-order chi connectivity index (χ0) is 26.5. The molecule has 1 aliphatic heterocycles. The SMILES string of the molecule is COc1ccc(S(=O)(=O)N2C(=O)[C@H]3[C@H](c4ccccc4)[C@H](c4ccccc4)C[C@]32c2ccc(Cl)cc2)cc1. The molecule has 5 nitrogen and oxygen atoms in total. The lowest BCUT2D eigenvalue weighted by molar-refractivity contribution is -0.156. The van der Waals surface area contributed by atoms with Gasteiger partial charge in [-0.1, -0.05) is 84.4 Å². The monoisotopic (exact) mass is 543 g/mol. The molecule has 0 unspecified atom stereocenters. The van der Waals surface area contributed by atoms with Crippen LogP contribution >= 0.6 is 11.6 Å². The highest BCUT2D eigenvalue weighted by molar-refractivity contribution is 7.89. The first kappa shape index (κ1) is 24.7. The summed E-state index contributed by atoms with van der Waals surface area (Å²) in [4.78, 5) is 14.1. The lowest BCUT2D eigenvalue weighted by Crippen LogP contribution is -2.68. The van der Waals surface area contributed by atoms with E-state index in [9.17, 15) is 13.2 Å². The molecule has 7 heteroatoms. The number of carbonyl (C=O) groups is 1. The van der Waals surface area contributed by atoms with Crippen molar-refractivity contribution in [3.05, 3.63) is 131 Å². The highest BCUT2D eigenvalue weighted by atomic mass is 35.5. The molecule has 1 aliphatic carbocycles. The fourth-order valence-corrected chi connectivity index (χ4v) is 8.30. The highest BCUT2D eigenvalue weighted by Crippen LogP contribution is 2.67. The molecule has 38 heavy (non-hydrogen) atoms. The minimum atomic E-state index is -4.16. The largest absolute Gasteiger partial charge is 0.497 e. The van der Waals surface area contributed by atoms with Crippen LogP contribution in [-0.2, 0) is 20.4 Å². The quantitative estimate of drug-likeness (QED) is 0.265. The van der Waals surface area contributed by atoms with Gasteiger partial charge in [0.2, 0.25) is 5.91 Å². The van der Waals surface area contributed by atoms with E-state index in [0.29, 0.717) is 17.2 Å². The summed E-state index contributed by atoms with van der Waals surface area (Å²) in [6.07, 6.45) is 0.462. The van der Waals surface area contributed by atoms with Crippen LogP contribution in [-0.4, -0.2) is 25.7 Å². The number of carbonyl (C=O) groups excluding carboxylic acids is 1. The molecule has 1 heterocycles. The van der Waals surface area contributed by atoms with Gasteiger partial charge in [-0.05, 0) is 65.4 Å². The number of ether oxygens (including phenoxy) is 1. The van der Waals surface area contributed by atoms with E-state index in [2.05, 4.69) is 12.1 Å². The van der Waals surface area contributed by atoms with Gasteiger partial charge in [0, 0.05) is 10.9 Å². The topological polar surface area (TPSA) is 63.7 Å². The van der Waals surface area contributed by atoms with Crippen LogP contribution in [0, 0.1) is 5.92 Å². The maximum absolute atomic E-state index is 14.1. The van der Waals surface area contributed by atoms with E-state index >= 15 is 0 Å². The molecule has 2 fully saturated rings. The van der Waals surface area contributed by atoms with Crippen molar-refractivity contribution in [2.24, 2.45) is 5.92 Å². The van der Waals surface area contributed by atoms with Crippen LogP contribution in [0.4, 0.5) is 0 Å². The summed E-state index contributed by atoms with van der Waals surface area (Å²) in [6, 6.07) is 33.4. The normalized spacial score (nSPS) is 24.5. The summed E-state index contributed by atoms with van der Waals surface area (Å²) in [5.74, 6) is -0.658. The standard InChI is InChI=1S/C31H26ClNO4S/c1-37-25-16-18-26(19-17-25)38(35,36)33-30(34)29-28(22-10-6-3-7-11-22)27(21-8-4-2-5-9-21)20-31(29,33)23-12-14-24(32)15-13-23/h2-19,27-29H,20H2,1H3/t27-,28+,29+,31-/m0/s1. The lowest BCUT2D eigenvalue weighted by atomic mass is 9.69. The van der Waals surface area contributed by atoms with Crippen LogP contribution in [0.1, 0.15) is 34.9 Å². The number of nitrogens with zero attached hydrogens (tertiary/aromatic N) is 1. The molecule has 2 aliphatic rings. The van der Waals surface area contributed by atoms with Gasteiger partial charge < -0.3 is 4.74 Å². The molecule has 0 spiro atoms. The Balaban J connectivity index is 1.56. The molecule has 0 radical (unpaired) electrons. The number of sulfonamides is 1. The van der Waals surface area contributed by atoms with Gasteiger partial charge in [-0.15, -0.1) is 0 Å². The van der Waals surface area contributed by atoms with Crippen molar-refractivity contribution in [1.29, 1.82) is 0 Å². The van der Waals surface area contributed by atoms with Gasteiger partial charge in [0.1, 0.15) is 5.75 Å². The van der Waals surface area contributed by atoms with Crippen molar-refractivity contribution in [2.45, 2.75) is 28.7 Å². The molecule has 0 bridgehead atoms. The minimum Gasteiger partial charge on any atom is -0.497 e. The molecule has 4 atom stereocenters. The smallest absolute Gasteiger partial charge is 0.267 e. The lowest BCUT2D eigenvalue weighted by Gasteiger charge is -2.54. The number of β-lactam (4-membered cyclic amide) rings is 1. The Morgan fingerprint density at radius 1 is 0.816 bits per heavy atom. The third kappa shape index (κ3) is 3.66. The van der Waals surface area contributed by atoms with Gasteiger partial charge in [-0.25, -0.2) is 12.7 Å². The summed E-state index contributed by atoms with van der Waals surface area (Å²) >= 11 is 6.24. The van der Waals surface area contributed by atoms with Gasteiger partial charge >= 0.3 is 0 Å². The molecule has 1 saturated heterocycles. The van der Waals surface area contributed by atoms with E-state index in [4.69, 9.17) is 16.3 Å². The molecule has 4 aromatic carbocycles. The zero-order valence-electron chi connectivity index (χ0n) is 20.7. The highest BCUT2D eigenvalue weighted by Gasteiger charge is 2.73. The average Bonchev–Trinajstić information content (AvgIpc) is 3.25. The number of methoxy groups -OCH3 is 1. The van der Waals surface area contributed by atoms with Crippen molar-refractivity contribution >= 4 is 27.5 Å². The number of fused-ring (bicyclic) bond motifs is 1. The van der Waals surface area contributed by atoms with Crippen LogP contribution in [0.3, 0.4) is 0 Å². The number of rotatable bonds is 6. The summed E-state index contributed by atoms with van der Waals surface area (Å²) < 4.78 is 34.6. The fraction of sp³-hybridized carbons (Fsp3) is 0.194. The Morgan fingerprint density at radius 3 is 1.97 bits per heavy atom. The van der Waals surface area contributed by atoms with Gasteiger partial charge in [0.05, 0.1) is 23.5 Å². The van der Waals surface area contributed by atoms with E-state index in [0.717, 1.165) is 21.0 Å². The molecule has 1 amide bonds. The summed E-state index contributed by atoms with van der Waals surface area (Å²) in [5, 5.41) is 0.550. The predicted molar refractivity (Wildman–Crippen MR) is 147 cm³/mol. The summed E-state index contributed by atoms with van der Waals surface area (Å²) in [5.41, 5.74) is 1.82. The third-order valence-corrected chi connectivity index (χ3v) is 10.1. The van der Waals surface area contributed by atoms with Crippen LogP contribution < -0.4 is 4.74 Å². The Labute approximate surface area is 227 Å². The number of hydrogen-bond donors (Lipinski definition) is 0. The van der Waals surface area contributed by atoms with Crippen molar-refractivity contribution in [2.75, 3.05) is 7.11 Å². The first-order valence-electron chi connectivity index (χ1n) is 12.5. The van der Waals surface area contributed by atoms with Crippen molar-refractivity contribution < 1.29 is 17.9 Å². The second kappa shape index (κ2) is 9.29. The molecule has 1 saturated carbocycles. The van der Waals surface area contributed by atoms with E-state index < -0.39 is 21.5 Å². The second-order valence-corrected chi connectivity index (χ2v) is 12.1. The average molecular weight is 544 g/mol.